The fraction of sp³-hybridized carbons (Fsp3) is 0.667. The number of nitrogens with zero attached hydrogens (tertiary/aromatic N) is 1. The number of aromatic nitrogens is 1. The van der Waals surface area contributed by atoms with Gasteiger partial charge in [0.25, 0.3) is 0 Å². The van der Waals surface area contributed by atoms with Gasteiger partial charge in [-0.3, -0.25) is 0 Å². The molecule has 0 aromatic carbocycles. The fourth-order valence-electron chi connectivity index (χ4n) is 1.29. The zero-order valence-corrected chi connectivity index (χ0v) is 8.27. The normalized spacial score (nSPS) is 28.0. The van der Waals surface area contributed by atoms with Crippen molar-refractivity contribution in [3.8, 4) is 0 Å². The van der Waals surface area contributed by atoms with Crippen LogP contribution in [-0.4, -0.2) is 11.0 Å². The summed E-state index contributed by atoms with van der Waals surface area (Å²) in [7, 11) is 0. The first-order chi connectivity index (χ1) is 5.68. The number of nitrogens with two attached hydrogens (primary N) is 1. The lowest BCUT2D eigenvalue weighted by molar-refractivity contribution is 0.834. The fourth-order valence-corrected chi connectivity index (χ4v) is 2.19. The molecule has 12 heavy (non-hydrogen) atoms. The molecule has 2 nitrogen and oxygen atoms in total. The van der Waals surface area contributed by atoms with Gasteiger partial charge in [0.15, 0.2) is 0 Å². The summed E-state index contributed by atoms with van der Waals surface area (Å²) >= 11 is 1.76. The van der Waals surface area contributed by atoms with Gasteiger partial charge in [-0.15, -0.1) is 11.3 Å². The first-order valence-corrected chi connectivity index (χ1v) is 5.27. The summed E-state index contributed by atoms with van der Waals surface area (Å²) in [5.41, 5.74) is 6.97. The quantitative estimate of drug-likeness (QED) is 0.760. The minimum Gasteiger partial charge on any atom is -0.327 e. The van der Waals surface area contributed by atoms with Crippen molar-refractivity contribution in [1.29, 1.82) is 0 Å². The van der Waals surface area contributed by atoms with Crippen LogP contribution in [0.25, 0.3) is 0 Å². The van der Waals surface area contributed by atoms with E-state index in [1.54, 1.807) is 11.3 Å². The van der Waals surface area contributed by atoms with E-state index in [2.05, 4.69) is 24.2 Å². The molecule has 0 spiro atoms. The second kappa shape index (κ2) is 2.82. The molecule has 1 aliphatic carbocycles. The van der Waals surface area contributed by atoms with E-state index in [-0.39, 0.29) is 0 Å². The summed E-state index contributed by atoms with van der Waals surface area (Å²) in [5, 5.41) is 3.40. The summed E-state index contributed by atoms with van der Waals surface area (Å²) in [6.45, 7) is 4.35. The molecule has 2 rings (SSSR count). The van der Waals surface area contributed by atoms with Gasteiger partial charge in [0.1, 0.15) is 0 Å². The van der Waals surface area contributed by atoms with E-state index in [0.717, 1.165) is 6.42 Å². The molecule has 2 N–H and O–H groups in total. The van der Waals surface area contributed by atoms with Crippen LogP contribution in [-0.2, 0) is 0 Å². The highest BCUT2D eigenvalue weighted by molar-refractivity contribution is 7.09. The molecule has 0 saturated heterocycles. The highest BCUT2D eigenvalue weighted by atomic mass is 32.1. The van der Waals surface area contributed by atoms with Crippen molar-refractivity contribution in [2.24, 2.45) is 5.73 Å². The molecule has 1 fully saturated rings. The SMILES string of the molecule is CC(C)c1nc(C2CC2N)cs1. The maximum absolute atomic E-state index is 5.75. The van der Waals surface area contributed by atoms with Gasteiger partial charge in [-0.05, 0) is 6.42 Å². The van der Waals surface area contributed by atoms with Crippen LogP contribution in [0, 0.1) is 0 Å². The molecule has 0 amide bonds. The summed E-state index contributed by atoms with van der Waals surface area (Å²) in [6.07, 6.45) is 1.13. The Morgan fingerprint density at radius 2 is 2.33 bits per heavy atom. The Hall–Kier alpha value is -0.410. The Labute approximate surface area is 76.8 Å². The third kappa shape index (κ3) is 1.39. The van der Waals surface area contributed by atoms with Gasteiger partial charge in [-0.1, -0.05) is 13.8 Å². The Kier molecular flexibility index (Phi) is 1.93. The van der Waals surface area contributed by atoms with Crippen LogP contribution < -0.4 is 5.73 Å². The summed E-state index contributed by atoms with van der Waals surface area (Å²) in [4.78, 5) is 4.56. The monoisotopic (exact) mass is 182 g/mol. The molecule has 0 bridgehead atoms. The standard InChI is InChI=1S/C9H14N2S/c1-5(2)9-11-8(4-12-9)6-3-7(6)10/h4-7H,3,10H2,1-2H3. The Bertz CT molecular complexity index is 280. The van der Waals surface area contributed by atoms with Crippen LogP contribution in [0.15, 0.2) is 5.38 Å². The topological polar surface area (TPSA) is 38.9 Å². The van der Waals surface area contributed by atoms with Crippen LogP contribution in [0.1, 0.15) is 42.8 Å². The van der Waals surface area contributed by atoms with E-state index in [4.69, 9.17) is 5.73 Å². The van der Waals surface area contributed by atoms with Crippen LogP contribution in [0.2, 0.25) is 0 Å². The van der Waals surface area contributed by atoms with Crippen LogP contribution in [0.3, 0.4) is 0 Å². The molecule has 1 heterocycles. The predicted octanol–water partition coefficient (Wildman–Crippen LogP) is 2.08. The first-order valence-electron chi connectivity index (χ1n) is 4.39. The van der Waals surface area contributed by atoms with Crippen molar-refractivity contribution in [2.75, 3.05) is 0 Å². The molecule has 1 aromatic heterocycles. The van der Waals surface area contributed by atoms with Crippen molar-refractivity contribution < 1.29 is 0 Å². The molecule has 66 valence electrons. The Balaban J connectivity index is 2.14. The lowest BCUT2D eigenvalue weighted by Crippen LogP contribution is -2.01. The molecule has 2 atom stereocenters. The molecule has 3 heteroatoms. The van der Waals surface area contributed by atoms with Gasteiger partial charge in [-0.25, -0.2) is 4.98 Å². The third-order valence-electron chi connectivity index (χ3n) is 2.25. The largest absolute Gasteiger partial charge is 0.327 e. The Morgan fingerprint density at radius 1 is 1.67 bits per heavy atom. The average Bonchev–Trinajstić information content (AvgIpc) is 2.59. The lowest BCUT2D eigenvalue weighted by Gasteiger charge is -1.96. The maximum atomic E-state index is 5.75. The summed E-state index contributed by atoms with van der Waals surface area (Å²) in [5.74, 6) is 1.12. The van der Waals surface area contributed by atoms with E-state index in [1.807, 2.05) is 0 Å². The maximum Gasteiger partial charge on any atom is 0.0953 e. The molecule has 1 aromatic rings. The lowest BCUT2D eigenvalue weighted by atomic mass is 10.2. The minimum atomic E-state index is 0.382. The molecule has 0 radical (unpaired) electrons. The number of rotatable bonds is 2. The summed E-state index contributed by atoms with van der Waals surface area (Å²) in [6, 6.07) is 0.382. The van der Waals surface area contributed by atoms with Crippen molar-refractivity contribution >= 4 is 11.3 Å². The van der Waals surface area contributed by atoms with E-state index < -0.39 is 0 Å². The molecular formula is C9H14N2S. The van der Waals surface area contributed by atoms with Gasteiger partial charge < -0.3 is 5.73 Å². The molecule has 0 aliphatic heterocycles. The Morgan fingerprint density at radius 3 is 2.75 bits per heavy atom. The number of hydrogen-bond acceptors (Lipinski definition) is 3. The number of hydrogen-bond donors (Lipinski definition) is 1. The van der Waals surface area contributed by atoms with E-state index in [9.17, 15) is 0 Å². The van der Waals surface area contributed by atoms with E-state index in [0.29, 0.717) is 17.9 Å². The van der Waals surface area contributed by atoms with E-state index in [1.165, 1.54) is 10.7 Å². The van der Waals surface area contributed by atoms with Gasteiger partial charge in [0, 0.05) is 23.3 Å². The average molecular weight is 182 g/mol. The van der Waals surface area contributed by atoms with E-state index >= 15 is 0 Å². The predicted molar refractivity (Wildman–Crippen MR) is 51.5 cm³/mol. The minimum absolute atomic E-state index is 0.382. The van der Waals surface area contributed by atoms with Crippen LogP contribution >= 0.6 is 11.3 Å². The van der Waals surface area contributed by atoms with Gasteiger partial charge >= 0.3 is 0 Å². The highest BCUT2D eigenvalue weighted by Gasteiger charge is 2.36. The molecular weight excluding hydrogens is 168 g/mol. The third-order valence-corrected chi connectivity index (χ3v) is 3.42. The van der Waals surface area contributed by atoms with Crippen molar-refractivity contribution in [3.63, 3.8) is 0 Å². The zero-order chi connectivity index (χ0) is 8.72. The second-order valence-electron chi connectivity index (χ2n) is 3.77. The smallest absolute Gasteiger partial charge is 0.0953 e. The first kappa shape index (κ1) is 8.20. The van der Waals surface area contributed by atoms with Crippen LogP contribution in [0.5, 0.6) is 0 Å². The molecule has 1 saturated carbocycles. The van der Waals surface area contributed by atoms with Crippen molar-refractivity contribution in [3.05, 3.63) is 16.1 Å². The molecule has 2 unspecified atom stereocenters. The number of thiazole rings is 1. The van der Waals surface area contributed by atoms with Gasteiger partial charge in [0.05, 0.1) is 10.7 Å². The zero-order valence-electron chi connectivity index (χ0n) is 7.45. The van der Waals surface area contributed by atoms with Gasteiger partial charge in [-0.2, -0.15) is 0 Å². The highest BCUT2D eigenvalue weighted by Crippen LogP contribution is 2.39. The van der Waals surface area contributed by atoms with Crippen molar-refractivity contribution in [1.82, 2.24) is 4.98 Å². The summed E-state index contributed by atoms with van der Waals surface area (Å²) < 4.78 is 0. The second-order valence-corrected chi connectivity index (χ2v) is 4.66. The van der Waals surface area contributed by atoms with Crippen LogP contribution in [0.4, 0.5) is 0 Å². The van der Waals surface area contributed by atoms with Crippen molar-refractivity contribution in [2.45, 2.75) is 38.1 Å². The molecule has 1 aliphatic rings. The van der Waals surface area contributed by atoms with Gasteiger partial charge in [0.2, 0.25) is 0 Å².